The number of hydrogen-bond acceptors (Lipinski definition) is 3. The Balaban J connectivity index is 2.00. The fourth-order valence-electron chi connectivity index (χ4n) is 2.42. The van der Waals surface area contributed by atoms with Gasteiger partial charge < -0.3 is 15.7 Å². The number of carbonyl (C=O) groups is 3. The van der Waals surface area contributed by atoms with Crippen molar-refractivity contribution in [2.45, 2.75) is 25.7 Å². The van der Waals surface area contributed by atoms with Crippen LogP contribution in [0.15, 0.2) is 48.5 Å². The second-order valence-electron chi connectivity index (χ2n) is 6.63. The van der Waals surface area contributed by atoms with E-state index in [9.17, 15) is 14.4 Å². The highest BCUT2D eigenvalue weighted by Gasteiger charge is 2.30. The number of nitrogens with one attached hydrogen (secondary N) is 2. The van der Waals surface area contributed by atoms with Crippen LogP contribution in [-0.4, -0.2) is 29.4 Å². The van der Waals surface area contributed by atoms with Crippen molar-refractivity contribution in [2.75, 3.05) is 11.9 Å². The molecule has 0 fully saturated rings. The molecule has 0 aliphatic heterocycles. The summed E-state index contributed by atoms with van der Waals surface area (Å²) in [7, 11) is 0. The predicted molar refractivity (Wildman–Crippen MR) is 104 cm³/mol. The first-order chi connectivity index (χ1) is 12.7. The van der Waals surface area contributed by atoms with Crippen LogP contribution >= 0.6 is 11.6 Å². The van der Waals surface area contributed by atoms with Gasteiger partial charge in [0.1, 0.15) is 6.54 Å². The van der Waals surface area contributed by atoms with Crippen LogP contribution < -0.4 is 10.6 Å². The van der Waals surface area contributed by atoms with Gasteiger partial charge in [0.05, 0.1) is 11.8 Å². The SMILES string of the molecule is CC(C)(C(=O)Nc1ccc(CC(=O)NCC(=O)O)cc1)c1cccc(Cl)c1. The maximum Gasteiger partial charge on any atom is 0.322 e. The third-order valence-electron chi connectivity index (χ3n) is 4.13. The maximum absolute atomic E-state index is 12.7. The summed E-state index contributed by atoms with van der Waals surface area (Å²) < 4.78 is 0. The number of carboxylic acid groups (broad SMARTS) is 1. The summed E-state index contributed by atoms with van der Waals surface area (Å²) in [6.45, 7) is 3.22. The standard InChI is InChI=1S/C20H21ClN2O4/c1-20(2,14-4-3-5-15(21)11-14)19(27)23-16-8-6-13(7-9-16)10-17(24)22-12-18(25)26/h3-9,11H,10,12H2,1-2H3,(H,22,24)(H,23,27)(H,25,26). The molecule has 2 amide bonds. The van der Waals surface area contributed by atoms with Gasteiger partial charge in [0.2, 0.25) is 11.8 Å². The van der Waals surface area contributed by atoms with Crippen molar-refractivity contribution < 1.29 is 19.5 Å². The Kier molecular flexibility index (Phi) is 6.58. The molecule has 0 unspecified atom stereocenters. The second-order valence-corrected chi connectivity index (χ2v) is 7.07. The fourth-order valence-corrected chi connectivity index (χ4v) is 2.61. The molecule has 2 rings (SSSR count). The Hall–Kier alpha value is -2.86. The molecule has 0 saturated heterocycles. The first-order valence-corrected chi connectivity index (χ1v) is 8.71. The van der Waals surface area contributed by atoms with Gasteiger partial charge in [0.25, 0.3) is 0 Å². The summed E-state index contributed by atoms with van der Waals surface area (Å²) in [4.78, 5) is 34.8. The van der Waals surface area contributed by atoms with Crippen LogP contribution in [0, 0.1) is 0 Å². The highest BCUT2D eigenvalue weighted by molar-refractivity contribution is 6.30. The minimum Gasteiger partial charge on any atom is -0.480 e. The molecule has 0 aliphatic carbocycles. The summed E-state index contributed by atoms with van der Waals surface area (Å²) >= 11 is 6.02. The number of rotatable bonds is 7. The van der Waals surface area contributed by atoms with Crippen LogP contribution in [0.1, 0.15) is 25.0 Å². The van der Waals surface area contributed by atoms with Crippen LogP contribution in [0.5, 0.6) is 0 Å². The van der Waals surface area contributed by atoms with E-state index in [0.29, 0.717) is 16.3 Å². The van der Waals surface area contributed by atoms with Crippen molar-refractivity contribution in [1.29, 1.82) is 0 Å². The summed E-state index contributed by atoms with van der Waals surface area (Å²) in [6.07, 6.45) is 0.0650. The number of carboxylic acids is 1. The fraction of sp³-hybridized carbons (Fsp3) is 0.250. The lowest BCUT2D eigenvalue weighted by atomic mass is 9.83. The molecule has 142 valence electrons. The average molecular weight is 389 g/mol. The quantitative estimate of drug-likeness (QED) is 0.679. The number of halogens is 1. The van der Waals surface area contributed by atoms with Gasteiger partial charge in [-0.25, -0.2) is 0 Å². The Morgan fingerprint density at radius 1 is 1.07 bits per heavy atom. The summed E-state index contributed by atoms with van der Waals surface area (Å²) in [6, 6.07) is 14.0. The summed E-state index contributed by atoms with van der Waals surface area (Å²) in [5.74, 6) is -1.66. The summed E-state index contributed by atoms with van der Waals surface area (Å²) in [5.41, 5.74) is 1.34. The van der Waals surface area contributed by atoms with Gasteiger partial charge in [-0.15, -0.1) is 0 Å². The van der Waals surface area contributed by atoms with Crippen LogP contribution in [0.25, 0.3) is 0 Å². The average Bonchev–Trinajstić information content (AvgIpc) is 2.61. The van der Waals surface area contributed by atoms with Crippen LogP contribution in [0.3, 0.4) is 0 Å². The molecule has 7 heteroatoms. The highest BCUT2D eigenvalue weighted by atomic mass is 35.5. The number of aliphatic carboxylic acids is 1. The molecular weight excluding hydrogens is 368 g/mol. The molecule has 0 atom stereocenters. The number of amides is 2. The lowest BCUT2D eigenvalue weighted by Crippen LogP contribution is -2.34. The smallest absolute Gasteiger partial charge is 0.322 e. The normalized spacial score (nSPS) is 10.9. The number of anilines is 1. The molecule has 0 aliphatic rings. The van der Waals surface area contributed by atoms with E-state index < -0.39 is 17.9 Å². The molecular formula is C20H21ClN2O4. The lowest BCUT2D eigenvalue weighted by Gasteiger charge is -2.24. The van der Waals surface area contributed by atoms with Crippen LogP contribution in [0.2, 0.25) is 5.02 Å². The van der Waals surface area contributed by atoms with Gasteiger partial charge in [-0.05, 0) is 49.2 Å². The highest BCUT2D eigenvalue weighted by Crippen LogP contribution is 2.27. The molecule has 0 bridgehead atoms. The largest absolute Gasteiger partial charge is 0.480 e. The van der Waals surface area contributed by atoms with Crippen molar-refractivity contribution in [2.24, 2.45) is 0 Å². The van der Waals surface area contributed by atoms with E-state index in [4.69, 9.17) is 16.7 Å². The Morgan fingerprint density at radius 2 is 1.74 bits per heavy atom. The van der Waals surface area contributed by atoms with Gasteiger partial charge in [0.15, 0.2) is 0 Å². The van der Waals surface area contributed by atoms with Crippen LogP contribution in [0.4, 0.5) is 5.69 Å². The van der Waals surface area contributed by atoms with Crippen molar-refractivity contribution >= 4 is 35.1 Å². The minimum atomic E-state index is -1.09. The number of benzene rings is 2. The van der Waals surface area contributed by atoms with E-state index in [1.165, 1.54) is 0 Å². The molecule has 6 nitrogen and oxygen atoms in total. The lowest BCUT2D eigenvalue weighted by molar-refractivity contribution is -0.137. The van der Waals surface area contributed by atoms with E-state index in [1.807, 2.05) is 19.9 Å². The number of hydrogen-bond donors (Lipinski definition) is 3. The van der Waals surface area contributed by atoms with Crippen LogP contribution in [-0.2, 0) is 26.2 Å². The third kappa shape index (κ3) is 5.82. The first-order valence-electron chi connectivity index (χ1n) is 8.33. The van der Waals surface area contributed by atoms with Gasteiger partial charge in [-0.3, -0.25) is 14.4 Å². The van der Waals surface area contributed by atoms with Crippen molar-refractivity contribution in [3.8, 4) is 0 Å². The van der Waals surface area contributed by atoms with Gasteiger partial charge in [0, 0.05) is 10.7 Å². The molecule has 0 heterocycles. The van der Waals surface area contributed by atoms with E-state index in [2.05, 4.69) is 10.6 Å². The topological polar surface area (TPSA) is 95.5 Å². The van der Waals surface area contributed by atoms with E-state index in [-0.39, 0.29) is 18.2 Å². The van der Waals surface area contributed by atoms with Crippen molar-refractivity contribution in [3.05, 3.63) is 64.7 Å². The molecule has 3 N–H and O–H groups in total. The molecule has 2 aromatic rings. The van der Waals surface area contributed by atoms with E-state index in [1.54, 1.807) is 42.5 Å². The molecule has 0 aromatic heterocycles. The monoisotopic (exact) mass is 388 g/mol. The molecule has 0 radical (unpaired) electrons. The Bertz CT molecular complexity index is 847. The van der Waals surface area contributed by atoms with Gasteiger partial charge in [-0.1, -0.05) is 35.9 Å². The minimum absolute atomic E-state index is 0.0650. The molecule has 27 heavy (non-hydrogen) atoms. The number of carbonyl (C=O) groups excluding carboxylic acids is 2. The molecule has 2 aromatic carbocycles. The van der Waals surface area contributed by atoms with E-state index >= 15 is 0 Å². The predicted octanol–water partition coefficient (Wildman–Crippen LogP) is 3.00. The zero-order valence-corrected chi connectivity index (χ0v) is 15.8. The zero-order valence-electron chi connectivity index (χ0n) is 15.1. The third-order valence-corrected chi connectivity index (χ3v) is 4.36. The summed E-state index contributed by atoms with van der Waals surface area (Å²) in [5, 5.41) is 14.3. The molecule has 0 saturated carbocycles. The Morgan fingerprint density at radius 3 is 2.33 bits per heavy atom. The second kappa shape index (κ2) is 8.68. The van der Waals surface area contributed by atoms with Crippen molar-refractivity contribution in [1.82, 2.24) is 5.32 Å². The first kappa shape index (κ1) is 20.5. The van der Waals surface area contributed by atoms with Gasteiger partial charge >= 0.3 is 5.97 Å². The zero-order chi connectivity index (χ0) is 20.0. The van der Waals surface area contributed by atoms with Gasteiger partial charge in [-0.2, -0.15) is 0 Å². The van der Waals surface area contributed by atoms with Crippen molar-refractivity contribution in [3.63, 3.8) is 0 Å². The van der Waals surface area contributed by atoms with E-state index in [0.717, 1.165) is 5.56 Å². The maximum atomic E-state index is 12.7. The Labute approximate surface area is 162 Å². The molecule has 0 spiro atoms.